The molecule has 0 unspecified atom stereocenters. The van der Waals surface area contributed by atoms with Crippen LogP contribution in [0.25, 0.3) is 0 Å². The molecule has 5 nitrogen and oxygen atoms in total. The number of carbonyl (C=O) groups is 1. The van der Waals surface area contributed by atoms with Crippen molar-refractivity contribution >= 4 is 11.8 Å². The number of anilines is 1. The number of aryl methyl sites for hydroxylation is 1. The van der Waals surface area contributed by atoms with E-state index >= 15 is 0 Å². The van der Waals surface area contributed by atoms with Gasteiger partial charge in [0.05, 0.1) is 6.54 Å². The van der Waals surface area contributed by atoms with E-state index in [-0.39, 0.29) is 11.5 Å². The smallest absolute Gasteiger partial charge is 0.358 e. The average molecular weight is 231 g/mol. The number of imidazole rings is 1. The molecule has 0 radical (unpaired) electrons. The zero-order valence-electron chi connectivity index (χ0n) is 9.42. The number of hydrogen-bond acceptors (Lipinski definition) is 3. The second kappa shape index (κ2) is 4.29. The minimum atomic E-state index is -1.10. The molecule has 17 heavy (non-hydrogen) atoms. The molecule has 3 N–H and O–H groups in total. The number of nitrogens with zero attached hydrogens (tertiary/aromatic N) is 2. The average Bonchev–Trinajstić information content (AvgIpc) is 2.58. The summed E-state index contributed by atoms with van der Waals surface area (Å²) >= 11 is 0. The SMILES string of the molecule is Cc1nc(C(=O)O)c(N)n1Cc1ccccc1. The zero-order chi connectivity index (χ0) is 12.4. The van der Waals surface area contributed by atoms with Crippen molar-refractivity contribution in [3.8, 4) is 0 Å². The minimum absolute atomic E-state index is 0.0848. The lowest BCUT2D eigenvalue weighted by molar-refractivity contribution is 0.0692. The van der Waals surface area contributed by atoms with E-state index < -0.39 is 5.97 Å². The minimum Gasteiger partial charge on any atom is -0.476 e. The molecule has 1 aromatic heterocycles. The largest absolute Gasteiger partial charge is 0.476 e. The van der Waals surface area contributed by atoms with Gasteiger partial charge in [0.2, 0.25) is 0 Å². The standard InChI is InChI=1S/C12H13N3O2/c1-8-14-10(12(16)17)11(13)15(8)7-9-5-3-2-4-6-9/h2-6H,7,13H2,1H3,(H,16,17). The molecule has 1 heterocycles. The third-order valence-electron chi connectivity index (χ3n) is 2.58. The van der Waals surface area contributed by atoms with Crippen molar-refractivity contribution in [1.29, 1.82) is 0 Å². The number of aromatic carboxylic acids is 1. The molecule has 0 atom stereocenters. The van der Waals surface area contributed by atoms with Crippen LogP contribution in [0.15, 0.2) is 30.3 Å². The molecule has 88 valence electrons. The summed E-state index contributed by atoms with van der Waals surface area (Å²) in [4.78, 5) is 14.8. The van der Waals surface area contributed by atoms with E-state index in [9.17, 15) is 4.79 Å². The summed E-state index contributed by atoms with van der Waals surface area (Å²) in [6.07, 6.45) is 0. The first-order valence-electron chi connectivity index (χ1n) is 5.19. The molecule has 1 aromatic carbocycles. The highest BCUT2D eigenvalue weighted by Gasteiger charge is 2.17. The van der Waals surface area contributed by atoms with Crippen LogP contribution in [-0.4, -0.2) is 20.6 Å². The van der Waals surface area contributed by atoms with E-state index in [2.05, 4.69) is 4.98 Å². The molecule has 5 heteroatoms. The van der Waals surface area contributed by atoms with Gasteiger partial charge in [-0.15, -0.1) is 0 Å². The van der Waals surface area contributed by atoms with Crippen LogP contribution in [0.5, 0.6) is 0 Å². The summed E-state index contributed by atoms with van der Waals surface area (Å²) < 4.78 is 1.69. The monoisotopic (exact) mass is 231 g/mol. The summed E-state index contributed by atoms with van der Waals surface area (Å²) in [6, 6.07) is 9.70. The fourth-order valence-corrected chi connectivity index (χ4v) is 1.70. The predicted octanol–water partition coefficient (Wildman–Crippen LogP) is 1.52. The second-order valence-corrected chi connectivity index (χ2v) is 3.77. The van der Waals surface area contributed by atoms with Gasteiger partial charge in [-0.25, -0.2) is 9.78 Å². The van der Waals surface area contributed by atoms with Crippen molar-refractivity contribution < 1.29 is 9.90 Å². The summed E-state index contributed by atoms with van der Waals surface area (Å²) in [5, 5.41) is 8.91. The normalized spacial score (nSPS) is 10.4. The van der Waals surface area contributed by atoms with Gasteiger partial charge in [0.15, 0.2) is 5.69 Å². The summed E-state index contributed by atoms with van der Waals surface area (Å²) in [5.74, 6) is -0.306. The summed E-state index contributed by atoms with van der Waals surface area (Å²) in [7, 11) is 0. The number of rotatable bonds is 3. The number of aromatic nitrogens is 2. The zero-order valence-corrected chi connectivity index (χ0v) is 9.42. The highest BCUT2D eigenvalue weighted by molar-refractivity contribution is 5.90. The summed E-state index contributed by atoms with van der Waals surface area (Å²) in [5.41, 5.74) is 6.74. The van der Waals surface area contributed by atoms with Crippen LogP contribution in [0.1, 0.15) is 21.9 Å². The fourth-order valence-electron chi connectivity index (χ4n) is 1.70. The van der Waals surface area contributed by atoms with Crippen LogP contribution in [0.3, 0.4) is 0 Å². The van der Waals surface area contributed by atoms with Crippen LogP contribution in [0.2, 0.25) is 0 Å². The highest BCUT2D eigenvalue weighted by atomic mass is 16.4. The molecule has 0 amide bonds. The lowest BCUT2D eigenvalue weighted by atomic mass is 10.2. The Bertz CT molecular complexity index is 546. The first-order valence-corrected chi connectivity index (χ1v) is 5.19. The highest BCUT2D eigenvalue weighted by Crippen LogP contribution is 2.16. The molecule has 2 rings (SSSR count). The lowest BCUT2D eigenvalue weighted by Crippen LogP contribution is -2.08. The maximum Gasteiger partial charge on any atom is 0.358 e. The molecule has 0 fully saturated rings. The Labute approximate surface area is 98.5 Å². The van der Waals surface area contributed by atoms with Gasteiger partial charge in [0.1, 0.15) is 11.6 Å². The fraction of sp³-hybridized carbons (Fsp3) is 0.167. The van der Waals surface area contributed by atoms with Crippen LogP contribution >= 0.6 is 0 Å². The number of nitrogen functional groups attached to an aromatic ring is 1. The van der Waals surface area contributed by atoms with Gasteiger partial charge < -0.3 is 15.4 Å². The summed E-state index contributed by atoms with van der Waals surface area (Å²) in [6.45, 7) is 2.27. The van der Waals surface area contributed by atoms with Crippen molar-refractivity contribution in [2.75, 3.05) is 5.73 Å². The third-order valence-corrected chi connectivity index (χ3v) is 2.58. The van der Waals surface area contributed by atoms with E-state index in [1.54, 1.807) is 11.5 Å². The number of nitrogens with two attached hydrogens (primary N) is 1. The molecule has 0 bridgehead atoms. The van der Waals surface area contributed by atoms with Crippen LogP contribution in [0, 0.1) is 6.92 Å². The third kappa shape index (κ3) is 2.13. The van der Waals surface area contributed by atoms with Crippen molar-refractivity contribution in [2.24, 2.45) is 0 Å². The van der Waals surface area contributed by atoms with Gasteiger partial charge >= 0.3 is 5.97 Å². The quantitative estimate of drug-likeness (QED) is 0.839. The van der Waals surface area contributed by atoms with Crippen LogP contribution < -0.4 is 5.73 Å². The molecular weight excluding hydrogens is 218 g/mol. The molecular formula is C12H13N3O2. The van der Waals surface area contributed by atoms with Gasteiger partial charge in [0.25, 0.3) is 0 Å². The van der Waals surface area contributed by atoms with Gasteiger partial charge in [-0.1, -0.05) is 30.3 Å². The van der Waals surface area contributed by atoms with Gasteiger partial charge in [-0.3, -0.25) is 0 Å². The molecule has 0 saturated heterocycles. The first-order chi connectivity index (χ1) is 8.09. The molecule has 0 aliphatic heterocycles. The second-order valence-electron chi connectivity index (χ2n) is 3.77. The van der Waals surface area contributed by atoms with Gasteiger partial charge in [0, 0.05) is 0 Å². The molecule has 0 spiro atoms. The predicted molar refractivity (Wildman–Crippen MR) is 63.9 cm³/mol. The Morgan fingerprint density at radius 1 is 1.41 bits per heavy atom. The molecule has 0 aliphatic rings. The molecule has 0 saturated carbocycles. The van der Waals surface area contributed by atoms with E-state index in [0.717, 1.165) is 5.56 Å². The van der Waals surface area contributed by atoms with E-state index in [0.29, 0.717) is 12.4 Å². The van der Waals surface area contributed by atoms with E-state index in [1.165, 1.54) is 0 Å². The van der Waals surface area contributed by atoms with Gasteiger partial charge in [-0.2, -0.15) is 0 Å². The van der Waals surface area contributed by atoms with Crippen molar-refractivity contribution in [2.45, 2.75) is 13.5 Å². The van der Waals surface area contributed by atoms with Crippen LogP contribution in [0.4, 0.5) is 5.82 Å². The number of hydrogen-bond donors (Lipinski definition) is 2. The van der Waals surface area contributed by atoms with Gasteiger partial charge in [-0.05, 0) is 12.5 Å². The van der Waals surface area contributed by atoms with Crippen LogP contribution in [-0.2, 0) is 6.54 Å². The lowest BCUT2D eigenvalue weighted by Gasteiger charge is -2.07. The van der Waals surface area contributed by atoms with E-state index in [1.807, 2.05) is 30.3 Å². The maximum atomic E-state index is 10.9. The number of carboxylic acid groups (broad SMARTS) is 1. The number of benzene rings is 1. The topological polar surface area (TPSA) is 81.1 Å². The Kier molecular flexibility index (Phi) is 2.82. The molecule has 2 aromatic rings. The first kappa shape index (κ1) is 11.2. The van der Waals surface area contributed by atoms with Crippen molar-refractivity contribution in [1.82, 2.24) is 9.55 Å². The Balaban J connectivity index is 2.37. The number of carboxylic acids is 1. The molecule has 0 aliphatic carbocycles. The van der Waals surface area contributed by atoms with Crippen molar-refractivity contribution in [3.05, 3.63) is 47.4 Å². The van der Waals surface area contributed by atoms with E-state index in [4.69, 9.17) is 10.8 Å². The maximum absolute atomic E-state index is 10.9. The Morgan fingerprint density at radius 2 is 2.06 bits per heavy atom. The Hall–Kier alpha value is -2.30. The van der Waals surface area contributed by atoms with Crippen molar-refractivity contribution in [3.63, 3.8) is 0 Å². The Morgan fingerprint density at radius 3 is 2.59 bits per heavy atom.